The quantitative estimate of drug-likeness (QED) is 0.602. The molecule has 2 fully saturated rings. The molecular weight excluding hydrogens is 276 g/mol. The first kappa shape index (κ1) is 14.5. The lowest BCUT2D eigenvalue weighted by Gasteiger charge is -2.40. The molecule has 0 radical (unpaired) electrons. The molecule has 0 aromatic carbocycles. The van der Waals surface area contributed by atoms with E-state index in [1.165, 1.54) is 6.08 Å². The van der Waals surface area contributed by atoms with Gasteiger partial charge in [-0.3, -0.25) is 4.79 Å². The van der Waals surface area contributed by atoms with Crippen LogP contribution in [-0.4, -0.2) is 45.1 Å². The molecule has 21 heavy (non-hydrogen) atoms. The first-order valence-corrected chi connectivity index (χ1v) is 7.25. The molecule has 6 atom stereocenters. The van der Waals surface area contributed by atoms with Gasteiger partial charge in [-0.2, -0.15) is 0 Å². The number of hydrogen-bond donors (Lipinski definition) is 4. The molecule has 0 amide bonds. The highest BCUT2D eigenvalue weighted by Gasteiger charge is 2.71. The number of hydrogen-bond acceptors (Lipinski definition) is 4. The maximum atomic E-state index is 11.6. The fraction of sp³-hybridized carbons (Fsp3) is 0.733. The van der Waals surface area contributed by atoms with E-state index in [0.717, 1.165) is 0 Å². The average Bonchev–Trinajstić information content (AvgIpc) is 2.89. The maximum Gasteiger partial charge on any atom is 0.331 e. The van der Waals surface area contributed by atoms with Crippen LogP contribution in [0.25, 0.3) is 0 Å². The molecule has 0 aromatic heterocycles. The van der Waals surface area contributed by atoms with Crippen LogP contribution < -0.4 is 0 Å². The van der Waals surface area contributed by atoms with E-state index in [1.54, 1.807) is 0 Å². The van der Waals surface area contributed by atoms with Crippen molar-refractivity contribution < 1.29 is 30.0 Å². The number of carboxylic acid groups (broad SMARTS) is 2. The number of aliphatic hydroxyl groups excluding tert-OH is 2. The number of carboxylic acids is 2. The smallest absolute Gasteiger partial charge is 0.331 e. The monoisotopic (exact) mass is 296 g/mol. The van der Waals surface area contributed by atoms with Gasteiger partial charge in [-0.25, -0.2) is 4.79 Å². The average molecular weight is 296 g/mol. The number of carbonyl (C=O) groups is 2. The summed E-state index contributed by atoms with van der Waals surface area (Å²) in [5.74, 6) is -3.30. The topological polar surface area (TPSA) is 115 Å². The van der Waals surface area contributed by atoms with E-state index in [1.807, 2.05) is 6.92 Å². The highest BCUT2D eigenvalue weighted by Crippen LogP contribution is 2.71. The predicted octanol–water partition coefficient (Wildman–Crippen LogP) is 0.488. The van der Waals surface area contributed by atoms with Gasteiger partial charge >= 0.3 is 11.9 Å². The second-order valence-electron chi connectivity index (χ2n) is 6.93. The van der Waals surface area contributed by atoms with Gasteiger partial charge in [0, 0.05) is 23.0 Å². The highest BCUT2D eigenvalue weighted by molar-refractivity contribution is 5.88. The Balaban J connectivity index is 2.17. The van der Waals surface area contributed by atoms with E-state index < -0.39 is 40.7 Å². The molecule has 6 nitrogen and oxygen atoms in total. The molecule has 6 heteroatoms. The predicted molar refractivity (Wildman–Crippen MR) is 71.3 cm³/mol. The molecule has 0 unspecified atom stereocenters. The first-order valence-electron chi connectivity index (χ1n) is 7.25. The summed E-state index contributed by atoms with van der Waals surface area (Å²) >= 11 is 0. The summed E-state index contributed by atoms with van der Waals surface area (Å²) in [7, 11) is 0. The van der Waals surface area contributed by atoms with Gasteiger partial charge in [-0.1, -0.05) is 6.92 Å². The minimum absolute atomic E-state index is 0.114. The lowest BCUT2D eigenvalue weighted by atomic mass is 9.65. The summed E-state index contributed by atoms with van der Waals surface area (Å²) in [6.45, 7) is 1.62. The lowest BCUT2D eigenvalue weighted by Crippen LogP contribution is -2.45. The van der Waals surface area contributed by atoms with Gasteiger partial charge in [0.25, 0.3) is 0 Å². The first-order chi connectivity index (χ1) is 9.79. The molecule has 3 aliphatic rings. The van der Waals surface area contributed by atoms with Crippen LogP contribution in [-0.2, 0) is 9.59 Å². The lowest BCUT2D eigenvalue weighted by molar-refractivity contribution is -0.150. The maximum absolute atomic E-state index is 11.6. The Morgan fingerprint density at radius 3 is 2.52 bits per heavy atom. The third kappa shape index (κ3) is 1.54. The van der Waals surface area contributed by atoms with E-state index in [0.29, 0.717) is 19.3 Å². The van der Waals surface area contributed by atoms with Crippen LogP contribution in [0.4, 0.5) is 0 Å². The van der Waals surface area contributed by atoms with Crippen LogP contribution in [0.3, 0.4) is 0 Å². The molecule has 2 saturated carbocycles. The van der Waals surface area contributed by atoms with Crippen LogP contribution in [0.5, 0.6) is 0 Å². The molecule has 0 aromatic rings. The molecule has 0 heterocycles. The van der Waals surface area contributed by atoms with Gasteiger partial charge in [0.15, 0.2) is 0 Å². The molecule has 1 spiro atoms. The van der Waals surface area contributed by atoms with Gasteiger partial charge in [0.2, 0.25) is 0 Å². The summed E-state index contributed by atoms with van der Waals surface area (Å²) in [5, 5.41) is 39.3. The largest absolute Gasteiger partial charge is 0.481 e. The molecule has 4 N–H and O–H groups in total. The van der Waals surface area contributed by atoms with Crippen molar-refractivity contribution in [2.75, 3.05) is 6.61 Å². The molecule has 3 aliphatic carbocycles. The van der Waals surface area contributed by atoms with E-state index in [4.69, 9.17) is 0 Å². The second-order valence-corrected chi connectivity index (χ2v) is 6.93. The van der Waals surface area contributed by atoms with Gasteiger partial charge in [-0.15, -0.1) is 0 Å². The Bertz CT molecular complexity index is 540. The van der Waals surface area contributed by atoms with Crippen molar-refractivity contribution in [3.63, 3.8) is 0 Å². The van der Waals surface area contributed by atoms with Crippen LogP contribution in [0.2, 0.25) is 0 Å². The van der Waals surface area contributed by atoms with Gasteiger partial charge < -0.3 is 20.4 Å². The normalized spacial score (nSPS) is 47.9. The van der Waals surface area contributed by atoms with Crippen molar-refractivity contribution in [3.8, 4) is 0 Å². The Hall–Kier alpha value is -1.40. The summed E-state index contributed by atoms with van der Waals surface area (Å²) < 4.78 is 0. The second kappa shape index (κ2) is 4.30. The molecular formula is C15H20O6. The van der Waals surface area contributed by atoms with E-state index >= 15 is 0 Å². The number of aliphatic carboxylic acids is 2. The van der Waals surface area contributed by atoms with Crippen molar-refractivity contribution >= 4 is 11.9 Å². The van der Waals surface area contributed by atoms with Crippen molar-refractivity contribution in [1.82, 2.24) is 0 Å². The minimum Gasteiger partial charge on any atom is -0.481 e. The summed E-state index contributed by atoms with van der Waals surface area (Å²) in [6, 6.07) is 0. The third-order valence-electron chi connectivity index (χ3n) is 6.34. The number of rotatable bonds is 3. The molecule has 3 rings (SSSR count). The van der Waals surface area contributed by atoms with E-state index in [-0.39, 0.29) is 18.1 Å². The zero-order valence-electron chi connectivity index (χ0n) is 11.8. The third-order valence-corrected chi connectivity index (χ3v) is 6.34. The van der Waals surface area contributed by atoms with Crippen molar-refractivity contribution in [2.24, 2.45) is 28.6 Å². The summed E-state index contributed by atoms with van der Waals surface area (Å²) in [4.78, 5) is 23.0. The van der Waals surface area contributed by atoms with E-state index in [2.05, 4.69) is 0 Å². The van der Waals surface area contributed by atoms with Crippen LogP contribution in [0.15, 0.2) is 11.6 Å². The SMILES string of the molecule is C[C@@]1(CO)[C@@H]2C[C@]3([C@@H](O)C=C2C(=O)O)[C@H](C(=O)O)CC[C@@H]13. The Labute approximate surface area is 122 Å². The van der Waals surface area contributed by atoms with Crippen LogP contribution in [0.1, 0.15) is 26.2 Å². The Morgan fingerprint density at radius 2 is 2.00 bits per heavy atom. The highest BCUT2D eigenvalue weighted by atomic mass is 16.4. The summed E-state index contributed by atoms with van der Waals surface area (Å²) in [5.41, 5.74) is -1.41. The fourth-order valence-electron chi connectivity index (χ4n) is 5.41. The fourth-order valence-corrected chi connectivity index (χ4v) is 5.41. The zero-order valence-corrected chi connectivity index (χ0v) is 11.8. The standard InChI is InChI=1S/C15H20O6/c1-14(6-16)9-5-15(11(17)4-7(9)12(18)19)8(13(20)21)2-3-10(14)15/h4,8-11,16-17H,2-3,5-6H2,1H3,(H,18,19)(H,20,21)/t8-,9+,10-,11-,14+,15-/m0/s1. The van der Waals surface area contributed by atoms with Gasteiger partial charge in [0.1, 0.15) is 0 Å². The minimum atomic E-state index is -1.10. The molecule has 0 saturated heterocycles. The molecule has 116 valence electrons. The summed E-state index contributed by atoms with van der Waals surface area (Å²) in [6.07, 6.45) is 1.62. The Morgan fingerprint density at radius 1 is 1.33 bits per heavy atom. The van der Waals surface area contributed by atoms with Gasteiger partial charge in [-0.05, 0) is 37.2 Å². The van der Waals surface area contributed by atoms with Crippen LogP contribution >= 0.6 is 0 Å². The molecule has 0 aliphatic heterocycles. The van der Waals surface area contributed by atoms with Crippen molar-refractivity contribution in [2.45, 2.75) is 32.3 Å². The van der Waals surface area contributed by atoms with Crippen molar-refractivity contribution in [1.29, 1.82) is 0 Å². The molecule has 2 bridgehead atoms. The number of fused-ring (bicyclic) bond motifs is 1. The Kier molecular flexibility index (Phi) is 2.98. The van der Waals surface area contributed by atoms with Crippen molar-refractivity contribution in [3.05, 3.63) is 11.6 Å². The van der Waals surface area contributed by atoms with E-state index in [9.17, 15) is 30.0 Å². The number of aliphatic hydroxyl groups is 2. The van der Waals surface area contributed by atoms with Crippen LogP contribution in [0, 0.1) is 28.6 Å². The zero-order chi connectivity index (χ0) is 15.6. The van der Waals surface area contributed by atoms with Gasteiger partial charge in [0.05, 0.1) is 12.0 Å².